The van der Waals surface area contributed by atoms with Crippen molar-refractivity contribution in [2.24, 2.45) is 5.41 Å². The molecule has 0 aromatic heterocycles. The first-order valence-corrected chi connectivity index (χ1v) is 4.12. The molecule has 0 saturated heterocycles. The lowest BCUT2D eigenvalue weighted by Gasteiger charge is -2.22. The van der Waals surface area contributed by atoms with Crippen LogP contribution in [0.4, 0.5) is 0 Å². The van der Waals surface area contributed by atoms with Crippen molar-refractivity contribution < 1.29 is 20.1 Å². The Labute approximate surface area is 77.4 Å². The Balaban J connectivity index is 3.92. The highest BCUT2D eigenvalue weighted by Crippen LogP contribution is 2.13. The molecule has 0 aliphatic rings. The molecule has 0 saturated carbocycles. The maximum absolute atomic E-state index is 10.6. The normalized spacial score (nSPS) is 12.1. The van der Waals surface area contributed by atoms with Gasteiger partial charge in [0, 0.05) is 6.54 Å². The fourth-order valence-corrected chi connectivity index (χ4v) is 0.662. The molecule has 78 valence electrons. The van der Waals surface area contributed by atoms with Gasteiger partial charge < -0.3 is 20.6 Å². The number of hydrogen-bond donors (Lipinski definition) is 4. The van der Waals surface area contributed by atoms with E-state index in [0.717, 1.165) is 0 Å². The van der Waals surface area contributed by atoms with E-state index in [0.29, 0.717) is 0 Å². The van der Waals surface area contributed by atoms with Crippen molar-refractivity contribution in [1.29, 1.82) is 0 Å². The first-order chi connectivity index (χ1) is 5.94. The molecule has 0 spiro atoms. The van der Waals surface area contributed by atoms with E-state index in [1.807, 2.05) is 0 Å². The summed E-state index contributed by atoms with van der Waals surface area (Å²) in [7, 11) is 0. The van der Waals surface area contributed by atoms with E-state index in [2.05, 4.69) is 5.32 Å². The minimum atomic E-state index is -0.908. The molecule has 0 atom stereocenters. The van der Waals surface area contributed by atoms with Crippen LogP contribution >= 0.6 is 0 Å². The van der Waals surface area contributed by atoms with Crippen LogP contribution in [0.25, 0.3) is 0 Å². The number of nitrogens with one attached hydrogen (secondary N) is 1. The zero-order valence-corrected chi connectivity index (χ0v) is 7.95. The van der Waals surface area contributed by atoms with Gasteiger partial charge in [-0.15, -0.1) is 0 Å². The van der Waals surface area contributed by atoms with Crippen LogP contribution < -0.4 is 5.32 Å². The lowest BCUT2D eigenvalue weighted by molar-refractivity contribution is -0.146. The zero-order valence-electron chi connectivity index (χ0n) is 7.95. The summed E-state index contributed by atoms with van der Waals surface area (Å²) in [4.78, 5) is 10.6. The average molecular weight is 191 g/mol. The summed E-state index contributed by atoms with van der Waals surface area (Å²) in [5, 5.41) is 28.9. The molecule has 0 bridgehead atoms. The van der Waals surface area contributed by atoms with E-state index in [1.54, 1.807) is 13.8 Å². The van der Waals surface area contributed by atoms with Crippen molar-refractivity contribution in [2.75, 3.05) is 19.8 Å². The van der Waals surface area contributed by atoms with Gasteiger partial charge in [-0.1, -0.05) is 0 Å². The number of carboxylic acids is 1. The molecule has 0 aromatic rings. The number of aliphatic hydroxyl groups is 2. The van der Waals surface area contributed by atoms with Gasteiger partial charge in [0.2, 0.25) is 0 Å². The Morgan fingerprint density at radius 2 is 1.85 bits per heavy atom. The van der Waals surface area contributed by atoms with Gasteiger partial charge in [0.25, 0.3) is 0 Å². The Morgan fingerprint density at radius 1 is 1.38 bits per heavy atom. The van der Waals surface area contributed by atoms with Crippen LogP contribution in [-0.2, 0) is 4.79 Å². The summed E-state index contributed by atoms with van der Waals surface area (Å²) in [5.74, 6) is -0.908. The van der Waals surface area contributed by atoms with Gasteiger partial charge in [0.1, 0.15) is 0 Å². The van der Waals surface area contributed by atoms with E-state index >= 15 is 0 Å². The van der Waals surface area contributed by atoms with E-state index in [-0.39, 0.29) is 19.8 Å². The number of aliphatic hydroxyl groups excluding tert-OH is 2. The molecule has 0 fully saturated rings. The Bertz CT molecular complexity index is 166. The van der Waals surface area contributed by atoms with Gasteiger partial charge in [-0.05, 0) is 13.8 Å². The SMILES string of the molecule is CC(C)(CNC(CO)CO)C(=O)O. The van der Waals surface area contributed by atoms with Crippen LogP contribution in [0.3, 0.4) is 0 Å². The quantitative estimate of drug-likeness (QED) is 0.434. The van der Waals surface area contributed by atoms with Gasteiger partial charge in [-0.2, -0.15) is 0 Å². The predicted molar refractivity (Wildman–Crippen MR) is 47.4 cm³/mol. The van der Waals surface area contributed by atoms with Crippen LogP contribution in [0, 0.1) is 5.41 Å². The second-order valence-electron chi connectivity index (χ2n) is 3.63. The van der Waals surface area contributed by atoms with Crippen molar-refractivity contribution in [2.45, 2.75) is 19.9 Å². The third-order valence-corrected chi connectivity index (χ3v) is 1.85. The number of carbonyl (C=O) groups is 1. The highest BCUT2D eigenvalue weighted by atomic mass is 16.4. The molecule has 0 rings (SSSR count). The number of aliphatic carboxylic acids is 1. The summed E-state index contributed by atoms with van der Waals surface area (Å²) in [6, 6.07) is -0.446. The molecule has 0 heterocycles. The van der Waals surface area contributed by atoms with Crippen molar-refractivity contribution in [1.82, 2.24) is 5.32 Å². The minimum absolute atomic E-state index is 0.202. The molecule has 0 amide bonds. The summed E-state index contributed by atoms with van der Waals surface area (Å²) in [5.41, 5.74) is -0.886. The minimum Gasteiger partial charge on any atom is -0.481 e. The summed E-state index contributed by atoms with van der Waals surface area (Å²) >= 11 is 0. The van der Waals surface area contributed by atoms with Crippen LogP contribution in [-0.4, -0.2) is 47.1 Å². The molecule has 5 heteroatoms. The molecule has 5 nitrogen and oxygen atoms in total. The Morgan fingerprint density at radius 3 is 2.15 bits per heavy atom. The number of carboxylic acid groups (broad SMARTS) is 1. The maximum atomic E-state index is 10.6. The molecule has 0 unspecified atom stereocenters. The third kappa shape index (κ3) is 4.21. The molecule has 13 heavy (non-hydrogen) atoms. The van der Waals surface area contributed by atoms with Gasteiger partial charge >= 0.3 is 5.97 Å². The van der Waals surface area contributed by atoms with E-state index < -0.39 is 17.4 Å². The van der Waals surface area contributed by atoms with Crippen molar-refractivity contribution in [3.63, 3.8) is 0 Å². The highest BCUT2D eigenvalue weighted by Gasteiger charge is 2.27. The van der Waals surface area contributed by atoms with Crippen LogP contribution in [0.1, 0.15) is 13.8 Å². The number of rotatable bonds is 6. The first kappa shape index (κ1) is 12.3. The average Bonchev–Trinajstić information content (AvgIpc) is 2.06. The molecular formula is C8H17NO4. The summed E-state index contributed by atoms with van der Waals surface area (Å²) < 4.78 is 0. The molecule has 0 aliphatic heterocycles. The third-order valence-electron chi connectivity index (χ3n) is 1.85. The number of hydrogen-bond acceptors (Lipinski definition) is 4. The van der Waals surface area contributed by atoms with Gasteiger partial charge in [-0.3, -0.25) is 4.79 Å². The van der Waals surface area contributed by atoms with Gasteiger partial charge in [0.15, 0.2) is 0 Å². The molecule has 4 N–H and O–H groups in total. The van der Waals surface area contributed by atoms with Gasteiger partial charge in [-0.25, -0.2) is 0 Å². The maximum Gasteiger partial charge on any atom is 0.310 e. The van der Waals surface area contributed by atoms with Crippen molar-refractivity contribution in [3.8, 4) is 0 Å². The van der Waals surface area contributed by atoms with Crippen molar-refractivity contribution >= 4 is 5.97 Å². The molecule has 0 aromatic carbocycles. The van der Waals surface area contributed by atoms with Crippen LogP contribution in [0.15, 0.2) is 0 Å². The van der Waals surface area contributed by atoms with E-state index in [4.69, 9.17) is 15.3 Å². The zero-order chi connectivity index (χ0) is 10.5. The first-order valence-electron chi connectivity index (χ1n) is 4.12. The second kappa shape index (κ2) is 5.16. The highest BCUT2D eigenvalue weighted by molar-refractivity contribution is 5.73. The summed E-state index contributed by atoms with van der Waals surface area (Å²) in [6.45, 7) is 2.97. The molecule has 0 aliphatic carbocycles. The van der Waals surface area contributed by atoms with Crippen LogP contribution in [0.5, 0.6) is 0 Å². The second-order valence-corrected chi connectivity index (χ2v) is 3.63. The summed E-state index contributed by atoms with van der Waals surface area (Å²) in [6.07, 6.45) is 0. The smallest absolute Gasteiger partial charge is 0.310 e. The Kier molecular flexibility index (Phi) is 4.90. The fraction of sp³-hybridized carbons (Fsp3) is 0.875. The topological polar surface area (TPSA) is 89.8 Å². The van der Waals surface area contributed by atoms with Crippen molar-refractivity contribution in [3.05, 3.63) is 0 Å². The fourth-order valence-electron chi connectivity index (χ4n) is 0.662. The lowest BCUT2D eigenvalue weighted by Crippen LogP contribution is -2.44. The van der Waals surface area contributed by atoms with E-state index in [9.17, 15) is 4.79 Å². The Hall–Kier alpha value is -0.650. The monoisotopic (exact) mass is 191 g/mol. The van der Waals surface area contributed by atoms with Crippen LogP contribution in [0.2, 0.25) is 0 Å². The lowest BCUT2D eigenvalue weighted by atomic mass is 9.93. The molecular weight excluding hydrogens is 174 g/mol. The van der Waals surface area contributed by atoms with E-state index in [1.165, 1.54) is 0 Å². The standard InChI is InChI=1S/C8H17NO4/c1-8(2,7(12)13)5-9-6(3-10)4-11/h6,9-11H,3-5H2,1-2H3,(H,12,13). The largest absolute Gasteiger partial charge is 0.481 e. The van der Waals surface area contributed by atoms with Gasteiger partial charge in [0.05, 0.1) is 24.7 Å². The predicted octanol–water partition coefficient (Wildman–Crippen LogP) is -0.960. The molecule has 0 radical (unpaired) electrons.